The zero-order valence-electron chi connectivity index (χ0n) is 15.9. The highest BCUT2D eigenvalue weighted by molar-refractivity contribution is 6.03. The summed E-state index contributed by atoms with van der Waals surface area (Å²) in [5.41, 5.74) is 1.77. The van der Waals surface area contributed by atoms with Crippen molar-refractivity contribution in [3.8, 4) is 5.75 Å². The molecule has 0 bridgehead atoms. The van der Waals surface area contributed by atoms with E-state index >= 15 is 0 Å². The number of nitrogens with one attached hydrogen (secondary N) is 1. The SMILES string of the molecule is COc1ccccc1CC(CNC(=O)c1oc2c(c1C)C(=O)CCC2)C(=O)O. The van der Waals surface area contributed by atoms with Crippen molar-refractivity contribution in [1.82, 2.24) is 5.32 Å². The smallest absolute Gasteiger partial charge is 0.308 e. The monoisotopic (exact) mass is 385 g/mol. The number of furan rings is 1. The van der Waals surface area contributed by atoms with Crippen molar-refractivity contribution in [2.75, 3.05) is 13.7 Å². The highest BCUT2D eigenvalue weighted by atomic mass is 16.5. The van der Waals surface area contributed by atoms with Crippen LogP contribution in [0.2, 0.25) is 0 Å². The van der Waals surface area contributed by atoms with Crippen molar-refractivity contribution in [2.24, 2.45) is 5.92 Å². The largest absolute Gasteiger partial charge is 0.496 e. The van der Waals surface area contributed by atoms with Crippen molar-refractivity contribution in [3.63, 3.8) is 0 Å². The first-order valence-electron chi connectivity index (χ1n) is 9.20. The first kappa shape index (κ1) is 19.7. The number of carbonyl (C=O) groups is 3. The molecule has 1 aromatic carbocycles. The molecule has 1 unspecified atom stereocenters. The van der Waals surface area contributed by atoms with E-state index in [1.54, 1.807) is 19.1 Å². The lowest BCUT2D eigenvalue weighted by Gasteiger charge is -2.15. The van der Waals surface area contributed by atoms with E-state index in [0.29, 0.717) is 41.9 Å². The number of methoxy groups -OCH3 is 1. The Morgan fingerprint density at radius 1 is 1.29 bits per heavy atom. The van der Waals surface area contributed by atoms with Crippen LogP contribution in [-0.4, -0.2) is 36.4 Å². The molecule has 3 rings (SSSR count). The fourth-order valence-corrected chi connectivity index (χ4v) is 3.55. The van der Waals surface area contributed by atoms with Crippen LogP contribution < -0.4 is 10.1 Å². The lowest BCUT2D eigenvalue weighted by atomic mass is 9.94. The van der Waals surface area contributed by atoms with E-state index in [4.69, 9.17) is 9.15 Å². The van der Waals surface area contributed by atoms with Crippen molar-refractivity contribution < 1.29 is 28.6 Å². The maximum Gasteiger partial charge on any atom is 0.308 e. The topological polar surface area (TPSA) is 106 Å². The lowest BCUT2D eigenvalue weighted by Crippen LogP contribution is -2.34. The number of hydrogen-bond donors (Lipinski definition) is 2. The lowest BCUT2D eigenvalue weighted by molar-refractivity contribution is -0.141. The summed E-state index contributed by atoms with van der Waals surface area (Å²) < 4.78 is 10.9. The minimum atomic E-state index is -1.02. The molecular weight excluding hydrogens is 362 g/mol. The van der Waals surface area contributed by atoms with Crippen LogP contribution >= 0.6 is 0 Å². The van der Waals surface area contributed by atoms with E-state index in [2.05, 4.69) is 5.32 Å². The number of aryl methyl sites for hydroxylation is 1. The van der Waals surface area contributed by atoms with Gasteiger partial charge in [-0.3, -0.25) is 14.4 Å². The maximum atomic E-state index is 12.6. The van der Waals surface area contributed by atoms with E-state index in [9.17, 15) is 19.5 Å². The summed E-state index contributed by atoms with van der Waals surface area (Å²) in [6, 6.07) is 7.18. The molecule has 0 radical (unpaired) electrons. The molecule has 148 valence electrons. The second-order valence-electron chi connectivity index (χ2n) is 6.89. The number of amides is 1. The third-order valence-electron chi connectivity index (χ3n) is 5.03. The Kier molecular flexibility index (Phi) is 5.82. The molecule has 0 saturated heterocycles. The highest BCUT2D eigenvalue weighted by Crippen LogP contribution is 2.29. The van der Waals surface area contributed by atoms with E-state index in [0.717, 1.165) is 5.56 Å². The Labute approximate surface area is 162 Å². The second-order valence-corrected chi connectivity index (χ2v) is 6.89. The molecule has 1 amide bonds. The number of ether oxygens (including phenoxy) is 1. The van der Waals surface area contributed by atoms with Gasteiger partial charge in [0, 0.05) is 24.9 Å². The molecule has 28 heavy (non-hydrogen) atoms. The zero-order chi connectivity index (χ0) is 20.3. The third kappa shape index (κ3) is 3.93. The van der Waals surface area contributed by atoms with Crippen molar-refractivity contribution in [2.45, 2.75) is 32.6 Å². The number of Topliss-reactive ketones (excluding diaryl/α,β-unsaturated/α-hetero) is 1. The molecule has 1 atom stereocenters. The van der Waals surface area contributed by atoms with Crippen LogP contribution in [0.25, 0.3) is 0 Å². The number of hydrogen-bond acceptors (Lipinski definition) is 5. The Morgan fingerprint density at radius 2 is 2.04 bits per heavy atom. The number of para-hydroxylation sites is 1. The normalized spacial score (nSPS) is 14.3. The fourth-order valence-electron chi connectivity index (χ4n) is 3.55. The zero-order valence-corrected chi connectivity index (χ0v) is 15.9. The predicted molar refractivity (Wildman–Crippen MR) is 101 cm³/mol. The van der Waals surface area contributed by atoms with Gasteiger partial charge in [-0.15, -0.1) is 0 Å². The van der Waals surface area contributed by atoms with Gasteiger partial charge in [0.2, 0.25) is 0 Å². The van der Waals surface area contributed by atoms with Gasteiger partial charge in [-0.25, -0.2) is 0 Å². The van der Waals surface area contributed by atoms with Crippen molar-refractivity contribution >= 4 is 17.7 Å². The summed E-state index contributed by atoms with van der Waals surface area (Å²) in [5.74, 6) is -1.13. The standard InChI is InChI=1S/C21H23NO6/c1-12-18-15(23)7-5-9-17(18)28-19(12)20(24)22-11-14(21(25)26)10-13-6-3-4-8-16(13)27-2/h3-4,6,8,14H,5,7,9-11H2,1-2H3,(H,22,24)(H,25,26). The van der Waals surface area contributed by atoms with Gasteiger partial charge in [0.1, 0.15) is 11.5 Å². The number of benzene rings is 1. The van der Waals surface area contributed by atoms with Gasteiger partial charge in [-0.2, -0.15) is 0 Å². The van der Waals surface area contributed by atoms with Crippen LogP contribution in [0.5, 0.6) is 5.75 Å². The maximum absolute atomic E-state index is 12.6. The van der Waals surface area contributed by atoms with Crippen LogP contribution in [0, 0.1) is 12.8 Å². The van der Waals surface area contributed by atoms with Crippen molar-refractivity contribution in [3.05, 3.63) is 52.5 Å². The van der Waals surface area contributed by atoms with Gasteiger partial charge < -0.3 is 19.6 Å². The average Bonchev–Trinajstić information content (AvgIpc) is 3.03. The van der Waals surface area contributed by atoms with Crippen LogP contribution in [0.1, 0.15) is 50.6 Å². The fraction of sp³-hybridized carbons (Fsp3) is 0.381. The minimum absolute atomic E-state index is 0.0128. The number of aliphatic carboxylic acids is 1. The van der Waals surface area contributed by atoms with E-state index in [1.165, 1.54) is 7.11 Å². The Hall–Kier alpha value is -3.09. The number of fused-ring (bicyclic) bond motifs is 1. The summed E-state index contributed by atoms with van der Waals surface area (Å²) in [7, 11) is 1.53. The van der Waals surface area contributed by atoms with Gasteiger partial charge in [0.05, 0.1) is 18.6 Å². The molecule has 7 nitrogen and oxygen atoms in total. The Morgan fingerprint density at radius 3 is 2.71 bits per heavy atom. The number of carboxylic acid groups (broad SMARTS) is 1. The molecule has 2 aromatic rings. The molecule has 1 aliphatic rings. The van der Waals surface area contributed by atoms with Crippen LogP contribution in [0.4, 0.5) is 0 Å². The Bertz CT molecular complexity index is 914. The summed E-state index contributed by atoms with van der Waals surface area (Å²) >= 11 is 0. The first-order chi connectivity index (χ1) is 13.4. The summed E-state index contributed by atoms with van der Waals surface area (Å²) in [6.45, 7) is 1.62. The van der Waals surface area contributed by atoms with Gasteiger partial charge in [-0.05, 0) is 31.4 Å². The summed E-state index contributed by atoms with van der Waals surface area (Å²) in [6.07, 6.45) is 2.00. The van der Waals surface area contributed by atoms with Crippen LogP contribution in [0.15, 0.2) is 28.7 Å². The second kappa shape index (κ2) is 8.29. The third-order valence-corrected chi connectivity index (χ3v) is 5.03. The summed E-state index contributed by atoms with van der Waals surface area (Å²) in [5, 5.41) is 12.2. The molecule has 1 aromatic heterocycles. The van der Waals surface area contributed by atoms with Gasteiger partial charge in [-0.1, -0.05) is 18.2 Å². The average molecular weight is 385 g/mol. The molecule has 0 saturated carbocycles. The molecule has 2 N–H and O–H groups in total. The number of carbonyl (C=O) groups excluding carboxylic acids is 2. The van der Waals surface area contributed by atoms with Crippen molar-refractivity contribution in [1.29, 1.82) is 0 Å². The van der Waals surface area contributed by atoms with Gasteiger partial charge in [0.25, 0.3) is 5.91 Å². The van der Waals surface area contributed by atoms with E-state index in [-0.39, 0.29) is 24.5 Å². The number of ketones is 1. The number of rotatable bonds is 7. The Balaban J connectivity index is 1.71. The number of carboxylic acids is 1. The van der Waals surface area contributed by atoms with E-state index in [1.807, 2.05) is 12.1 Å². The van der Waals surface area contributed by atoms with Gasteiger partial charge in [0.15, 0.2) is 11.5 Å². The molecule has 1 aliphatic carbocycles. The van der Waals surface area contributed by atoms with E-state index < -0.39 is 17.8 Å². The quantitative estimate of drug-likeness (QED) is 0.759. The van der Waals surface area contributed by atoms with Gasteiger partial charge >= 0.3 is 5.97 Å². The summed E-state index contributed by atoms with van der Waals surface area (Å²) in [4.78, 5) is 36.3. The first-order valence-corrected chi connectivity index (χ1v) is 9.20. The molecule has 0 fully saturated rings. The van der Waals surface area contributed by atoms with Crippen LogP contribution in [0.3, 0.4) is 0 Å². The predicted octanol–water partition coefficient (Wildman–Crippen LogP) is 2.79. The molecule has 0 aliphatic heterocycles. The highest BCUT2D eigenvalue weighted by Gasteiger charge is 2.29. The molecule has 1 heterocycles. The molecular formula is C21H23NO6. The minimum Gasteiger partial charge on any atom is -0.496 e. The molecule has 7 heteroatoms. The molecule has 0 spiro atoms. The van der Waals surface area contributed by atoms with Crippen LogP contribution in [-0.2, 0) is 17.6 Å².